The first-order valence-electron chi connectivity index (χ1n) is 5.50. The van der Waals surface area contributed by atoms with Gasteiger partial charge in [0.25, 0.3) is 10.2 Å². The van der Waals surface area contributed by atoms with Crippen LogP contribution in [0.1, 0.15) is 6.92 Å². The fraction of sp³-hybridized carbons (Fsp3) is 1.00. The van der Waals surface area contributed by atoms with Crippen LogP contribution >= 0.6 is 11.8 Å². The van der Waals surface area contributed by atoms with Gasteiger partial charge in [0, 0.05) is 24.4 Å². The molecular weight excluding hydrogens is 264 g/mol. The first kappa shape index (κ1) is 15.2. The largest absolute Gasteiger partial charge is 0.395 e. The SMILES string of the molecule is CSC(CO)C(C)NS(=O)(=O)N1CCOCC1. The van der Waals surface area contributed by atoms with Crippen molar-refractivity contribution in [3.8, 4) is 0 Å². The molecule has 2 unspecified atom stereocenters. The van der Waals surface area contributed by atoms with Gasteiger partial charge in [0.15, 0.2) is 0 Å². The van der Waals surface area contributed by atoms with E-state index in [0.717, 1.165) is 0 Å². The Morgan fingerprint density at radius 3 is 2.53 bits per heavy atom. The second-order valence-electron chi connectivity index (χ2n) is 3.88. The van der Waals surface area contributed by atoms with Crippen LogP contribution in [0, 0.1) is 0 Å². The number of hydrogen-bond acceptors (Lipinski definition) is 5. The molecule has 0 aromatic heterocycles. The van der Waals surface area contributed by atoms with E-state index in [-0.39, 0.29) is 17.9 Å². The minimum absolute atomic E-state index is 0.0477. The van der Waals surface area contributed by atoms with Crippen molar-refractivity contribution in [2.45, 2.75) is 18.2 Å². The number of nitrogens with one attached hydrogen (secondary N) is 1. The lowest BCUT2D eigenvalue weighted by atomic mass is 10.3. The standard InChI is InChI=1S/C9H20N2O4S2/c1-8(9(7-12)16-2)10-17(13,14)11-3-5-15-6-4-11/h8-10,12H,3-7H2,1-2H3. The van der Waals surface area contributed by atoms with Crippen LogP contribution in [0.4, 0.5) is 0 Å². The lowest BCUT2D eigenvalue weighted by Crippen LogP contribution is -2.51. The van der Waals surface area contributed by atoms with Crippen molar-refractivity contribution in [1.29, 1.82) is 0 Å². The van der Waals surface area contributed by atoms with E-state index in [1.807, 2.05) is 6.26 Å². The van der Waals surface area contributed by atoms with E-state index in [1.54, 1.807) is 6.92 Å². The smallest absolute Gasteiger partial charge is 0.279 e. The molecule has 2 atom stereocenters. The Balaban J connectivity index is 2.58. The second kappa shape index (κ2) is 6.91. The number of ether oxygens (including phenoxy) is 1. The normalized spacial score (nSPS) is 22.3. The number of thioether (sulfide) groups is 1. The molecule has 1 fully saturated rings. The van der Waals surface area contributed by atoms with Gasteiger partial charge in [-0.15, -0.1) is 0 Å². The highest BCUT2D eigenvalue weighted by atomic mass is 32.2. The first-order chi connectivity index (χ1) is 8.01. The van der Waals surface area contributed by atoms with Gasteiger partial charge in [-0.05, 0) is 13.2 Å². The summed E-state index contributed by atoms with van der Waals surface area (Å²) in [5, 5.41) is 8.98. The summed E-state index contributed by atoms with van der Waals surface area (Å²) in [6.45, 7) is 3.34. The summed E-state index contributed by atoms with van der Waals surface area (Å²) in [5.41, 5.74) is 0. The highest BCUT2D eigenvalue weighted by Crippen LogP contribution is 2.12. The Bertz CT molecular complexity index is 313. The van der Waals surface area contributed by atoms with E-state index in [9.17, 15) is 8.42 Å². The third kappa shape index (κ3) is 4.38. The quantitative estimate of drug-likeness (QED) is 0.672. The Morgan fingerprint density at radius 2 is 2.06 bits per heavy atom. The first-order valence-corrected chi connectivity index (χ1v) is 8.23. The molecule has 0 aromatic rings. The summed E-state index contributed by atoms with van der Waals surface area (Å²) in [4.78, 5) is 0. The molecule has 1 heterocycles. The van der Waals surface area contributed by atoms with Crippen LogP contribution in [0.3, 0.4) is 0 Å². The van der Waals surface area contributed by atoms with Gasteiger partial charge in [-0.1, -0.05) is 0 Å². The highest BCUT2D eigenvalue weighted by Gasteiger charge is 2.28. The molecule has 1 aliphatic heterocycles. The molecule has 1 saturated heterocycles. The van der Waals surface area contributed by atoms with Crippen LogP contribution in [-0.4, -0.2) is 68.3 Å². The van der Waals surface area contributed by atoms with Crippen molar-refractivity contribution in [2.75, 3.05) is 39.2 Å². The van der Waals surface area contributed by atoms with E-state index in [0.29, 0.717) is 26.3 Å². The van der Waals surface area contributed by atoms with Crippen LogP contribution in [0.15, 0.2) is 0 Å². The molecule has 0 saturated carbocycles. The Labute approximate surface area is 107 Å². The molecule has 0 radical (unpaired) electrons. The molecule has 17 heavy (non-hydrogen) atoms. The van der Waals surface area contributed by atoms with Gasteiger partial charge in [-0.3, -0.25) is 0 Å². The van der Waals surface area contributed by atoms with Crippen molar-refractivity contribution in [1.82, 2.24) is 9.03 Å². The maximum Gasteiger partial charge on any atom is 0.279 e. The van der Waals surface area contributed by atoms with Gasteiger partial charge in [0.2, 0.25) is 0 Å². The van der Waals surface area contributed by atoms with Gasteiger partial charge < -0.3 is 9.84 Å². The molecule has 1 aliphatic rings. The maximum absolute atomic E-state index is 12.0. The van der Waals surface area contributed by atoms with Crippen molar-refractivity contribution < 1.29 is 18.3 Å². The summed E-state index contributed by atoms with van der Waals surface area (Å²) in [5.74, 6) is 0. The predicted molar refractivity (Wildman–Crippen MR) is 68.3 cm³/mol. The average molecular weight is 284 g/mol. The summed E-state index contributed by atoms with van der Waals surface area (Å²) in [7, 11) is -3.47. The zero-order valence-electron chi connectivity index (χ0n) is 10.1. The van der Waals surface area contributed by atoms with Gasteiger partial charge >= 0.3 is 0 Å². The Hall–Kier alpha value is 0.140. The van der Waals surface area contributed by atoms with Gasteiger partial charge in [0.1, 0.15) is 0 Å². The summed E-state index contributed by atoms with van der Waals surface area (Å²) < 4.78 is 33.1. The minimum Gasteiger partial charge on any atom is -0.395 e. The fourth-order valence-electron chi connectivity index (χ4n) is 1.61. The zero-order chi connectivity index (χ0) is 12.9. The van der Waals surface area contributed by atoms with Crippen LogP contribution in [0.25, 0.3) is 0 Å². The lowest BCUT2D eigenvalue weighted by Gasteiger charge is -2.29. The van der Waals surface area contributed by atoms with E-state index in [1.165, 1.54) is 16.1 Å². The molecule has 0 aromatic carbocycles. The third-order valence-corrected chi connectivity index (χ3v) is 5.56. The van der Waals surface area contributed by atoms with E-state index in [2.05, 4.69) is 4.72 Å². The molecule has 102 valence electrons. The van der Waals surface area contributed by atoms with E-state index in [4.69, 9.17) is 9.84 Å². The van der Waals surface area contributed by atoms with Crippen molar-refractivity contribution >= 4 is 22.0 Å². The number of aliphatic hydroxyl groups is 1. The number of hydrogen-bond donors (Lipinski definition) is 2. The molecule has 0 amide bonds. The third-order valence-electron chi connectivity index (χ3n) is 2.69. The molecule has 6 nitrogen and oxygen atoms in total. The number of nitrogens with zero attached hydrogens (tertiary/aromatic N) is 1. The van der Waals surface area contributed by atoms with Gasteiger partial charge in [0.05, 0.1) is 19.8 Å². The molecule has 2 N–H and O–H groups in total. The number of aliphatic hydroxyl groups excluding tert-OH is 1. The second-order valence-corrected chi connectivity index (χ2v) is 6.66. The van der Waals surface area contributed by atoms with Crippen LogP contribution < -0.4 is 4.72 Å². The summed E-state index contributed by atoms with van der Waals surface area (Å²) in [6.07, 6.45) is 1.85. The number of morpholine rings is 1. The van der Waals surface area contributed by atoms with Crippen molar-refractivity contribution in [3.63, 3.8) is 0 Å². The lowest BCUT2D eigenvalue weighted by molar-refractivity contribution is 0.0723. The van der Waals surface area contributed by atoms with Crippen molar-refractivity contribution in [3.05, 3.63) is 0 Å². The molecule has 8 heteroatoms. The van der Waals surface area contributed by atoms with Crippen molar-refractivity contribution in [2.24, 2.45) is 0 Å². The molecule has 1 rings (SSSR count). The fourth-order valence-corrected chi connectivity index (χ4v) is 3.73. The molecule has 0 bridgehead atoms. The zero-order valence-corrected chi connectivity index (χ0v) is 11.8. The maximum atomic E-state index is 12.0. The summed E-state index contributed by atoms with van der Waals surface area (Å²) >= 11 is 1.45. The highest BCUT2D eigenvalue weighted by molar-refractivity contribution is 7.99. The Kier molecular flexibility index (Phi) is 6.18. The van der Waals surface area contributed by atoms with Gasteiger partial charge in [-0.25, -0.2) is 0 Å². The van der Waals surface area contributed by atoms with E-state index >= 15 is 0 Å². The van der Waals surface area contributed by atoms with E-state index < -0.39 is 10.2 Å². The van der Waals surface area contributed by atoms with Crippen LogP contribution in [0.5, 0.6) is 0 Å². The molecule has 0 aliphatic carbocycles. The number of rotatable bonds is 6. The summed E-state index contributed by atoms with van der Waals surface area (Å²) in [6, 6.07) is -0.303. The topological polar surface area (TPSA) is 78.9 Å². The molecule has 0 spiro atoms. The minimum atomic E-state index is -3.47. The van der Waals surface area contributed by atoms with Crippen LogP contribution in [0.2, 0.25) is 0 Å². The Morgan fingerprint density at radius 1 is 1.47 bits per heavy atom. The van der Waals surface area contributed by atoms with Gasteiger partial charge in [-0.2, -0.15) is 29.2 Å². The van der Waals surface area contributed by atoms with Crippen LogP contribution in [-0.2, 0) is 14.9 Å². The molecular formula is C9H20N2O4S2. The predicted octanol–water partition coefficient (Wildman–Crippen LogP) is -0.735. The average Bonchev–Trinajstić information content (AvgIpc) is 2.31. The monoisotopic (exact) mass is 284 g/mol.